The second-order valence-corrected chi connectivity index (χ2v) is 7.02. The van der Waals surface area contributed by atoms with Crippen molar-refractivity contribution in [2.75, 3.05) is 5.32 Å². The van der Waals surface area contributed by atoms with Gasteiger partial charge < -0.3 is 19.9 Å². The van der Waals surface area contributed by atoms with Crippen LogP contribution in [-0.4, -0.2) is 11.1 Å². The Morgan fingerprint density at radius 3 is 1.82 bits per heavy atom. The zero-order valence-corrected chi connectivity index (χ0v) is 17.2. The first-order chi connectivity index (χ1) is 16.3. The van der Waals surface area contributed by atoms with E-state index in [1.54, 1.807) is 18.2 Å². The largest absolute Gasteiger partial charge is 0.478 e. The van der Waals surface area contributed by atoms with E-state index in [1.807, 2.05) is 0 Å². The van der Waals surface area contributed by atoms with Crippen molar-refractivity contribution in [3.8, 4) is 23.0 Å². The zero-order valence-electron chi connectivity index (χ0n) is 17.2. The molecule has 4 rings (SSSR count). The van der Waals surface area contributed by atoms with E-state index in [0.717, 1.165) is 24.3 Å². The van der Waals surface area contributed by atoms with Crippen LogP contribution < -0.4 is 14.8 Å². The number of hydrogen-bond acceptors (Lipinski definition) is 4. The number of anilines is 2. The lowest BCUT2D eigenvalue weighted by Crippen LogP contribution is -2.03. The van der Waals surface area contributed by atoms with Gasteiger partial charge in [-0.15, -0.1) is 0 Å². The van der Waals surface area contributed by atoms with E-state index >= 15 is 0 Å². The van der Waals surface area contributed by atoms with Gasteiger partial charge in [-0.1, -0.05) is 6.07 Å². The van der Waals surface area contributed by atoms with Gasteiger partial charge in [0.25, 0.3) is 0 Å². The molecule has 0 saturated heterocycles. The molecule has 0 aliphatic carbocycles. The molecule has 0 amide bonds. The van der Waals surface area contributed by atoms with Gasteiger partial charge >= 0.3 is 5.97 Å². The highest BCUT2D eigenvalue weighted by atomic mass is 19.2. The summed E-state index contributed by atoms with van der Waals surface area (Å²) < 4.78 is 64.3. The van der Waals surface area contributed by atoms with Gasteiger partial charge in [0, 0.05) is 23.9 Å². The van der Waals surface area contributed by atoms with Gasteiger partial charge in [0.15, 0.2) is 23.3 Å². The van der Waals surface area contributed by atoms with Crippen molar-refractivity contribution in [2.24, 2.45) is 0 Å². The van der Waals surface area contributed by atoms with Crippen molar-refractivity contribution in [1.82, 2.24) is 0 Å². The number of carbonyl (C=O) groups is 1. The van der Waals surface area contributed by atoms with Crippen LogP contribution >= 0.6 is 0 Å². The molecule has 4 aromatic carbocycles. The van der Waals surface area contributed by atoms with Crippen molar-refractivity contribution < 1.29 is 36.9 Å². The lowest BCUT2D eigenvalue weighted by Gasteiger charge is -2.13. The third kappa shape index (κ3) is 5.26. The molecule has 0 radical (unpaired) electrons. The fourth-order valence-corrected chi connectivity index (χ4v) is 3.02. The molecule has 5 nitrogen and oxygen atoms in total. The van der Waals surface area contributed by atoms with Crippen LogP contribution in [0.3, 0.4) is 0 Å². The minimum atomic E-state index is -1.27. The molecule has 0 fully saturated rings. The Morgan fingerprint density at radius 2 is 1.21 bits per heavy atom. The van der Waals surface area contributed by atoms with Crippen LogP contribution in [-0.2, 0) is 0 Å². The van der Waals surface area contributed by atoms with Crippen molar-refractivity contribution in [3.05, 3.63) is 108 Å². The van der Waals surface area contributed by atoms with E-state index in [4.69, 9.17) is 9.47 Å². The van der Waals surface area contributed by atoms with E-state index in [2.05, 4.69) is 5.32 Å². The van der Waals surface area contributed by atoms with E-state index in [-0.39, 0.29) is 39.9 Å². The number of aromatic carboxylic acids is 1. The molecule has 0 aromatic heterocycles. The lowest BCUT2D eigenvalue weighted by molar-refractivity contribution is 0.0697. The molecule has 0 spiro atoms. The lowest BCUT2D eigenvalue weighted by atomic mass is 10.1. The average Bonchev–Trinajstić information content (AvgIpc) is 2.80. The number of rotatable bonds is 7. The van der Waals surface area contributed by atoms with E-state index < -0.39 is 29.2 Å². The summed E-state index contributed by atoms with van der Waals surface area (Å²) in [5, 5.41) is 12.3. The zero-order chi connectivity index (χ0) is 24.2. The van der Waals surface area contributed by atoms with Gasteiger partial charge in [0.2, 0.25) is 0 Å². The highest BCUT2D eigenvalue weighted by Crippen LogP contribution is 2.32. The van der Waals surface area contributed by atoms with Crippen molar-refractivity contribution in [1.29, 1.82) is 0 Å². The Bertz CT molecular complexity index is 1380. The molecular formula is C25H15F4NO4. The topological polar surface area (TPSA) is 67.8 Å². The van der Waals surface area contributed by atoms with Crippen LogP contribution in [0, 0.1) is 23.3 Å². The average molecular weight is 469 g/mol. The number of carboxylic acids is 1. The van der Waals surface area contributed by atoms with Crippen LogP contribution in [0.2, 0.25) is 0 Å². The fourth-order valence-electron chi connectivity index (χ4n) is 3.02. The Morgan fingerprint density at radius 1 is 0.647 bits per heavy atom. The van der Waals surface area contributed by atoms with Crippen LogP contribution in [0.25, 0.3) is 0 Å². The second-order valence-electron chi connectivity index (χ2n) is 7.02. The van der Waals surface area contributed by atoms with Gasteiger partial charge in [0.1, 0.15) is 23.0 Å². The molecule has 4 aromatic rings. The minimum absolute atomic E-state index is 0.0804. The number of benzene rings is 4. The van der Waals surface area contributed by atoms with Gasteiger partial charge in [-0.2, -0.15) is 0 Å². The minimum Gasteiger partial charge on any atom is -0.478 e. The Hall–Kier alpha value is -4.53. The first-order valence-electron chi connectivity index (χ1n) is 9.79. The first-order valence-corrected chi connectivity index (χ1v) is 9.79. The molecule has 0 aliphatic rings. The predicted molar refractivity (Wildman–Crippen MR) is 116 cm³/mol. The van der Waals surface area contributed by atoms with E-state index in [1.165, 1.54) is 36.4 Å². The molecule has 0 atom stereocenters. The highest BCUT2D eigenvalue weighted by Gasteiger charge is 2.14. The monoisotopic (exact) mass is 469 g/mol. The summed E-state index contributed by atoms with van der Waals surface area (Å²) in [5.41, 5.74) is 0.134. The second kappa shape index (κ2) is 9.53. The Labute approximate surface area is 190 Å². The quantitative estimate of drug-likeness (QED) is 0.279. The van der Waals surface area contributed by atoms with Crippen molar-refractivity contribution >= 4 is 17.3 Å². The molecule has 34 heavy (non-hydrogen) atoms. The molecule has 0 saturated carbocycles. The van der Waals surface area contributed by atoms with Crippen molar-refractivity contribution in [3.63, 3.8) is 0 Å². The molecule has 0 aliphatic heterocycles. The summed E-state index contributed by atoms with van der Waals surface area (Å²) in [5.74, 6) is -4.60. The number of nitrogens with one attached hydrogen (secondary N) is 1. The molecule has 0 heterocycles. The number of halogens is 4. The van der Waals surface area contributed by atoms with Crippen LogP contribution in [0.4, 0.5) is 28.9 Å². The third-order valence-corrected chi connectivity index (χ3v) is 4.59. The van der Waals surface area contributed by atoms with Gasteiger partial charge in [-0.3, -0.25) is 0 Å². The molecule has 0 bridgehead atoms. The third-order valence-electron chi connectivity index (χ3n) is 4.59. The number of ether oxygens (including phenoxy) is 2. The standard InChI is InChI=1S/C25H15F4NO4/c26-20-7-4-14(10-22(20)28)30-24-9-6-17(12-19(24)25(31)32)33-15-2-1-3-16(11-15)34-18-5-8-21(27)23(29)13-18/h1-13,30H,(H,31,32). The summed E-state index contributed by atoms with van der Waals surface area (Å²) in [6, 6.07) is 16.6. The number of hydrogen-bond donors (Lipinski definition) is 2. The van der Waals surface area contributed by atoms with Crippen LogP contribution in [0.15, 0.2) is 78.9 Å². The fraction of sp³-hybridized carbons (Fsp3) is 0. The Kier molecular flexibility index (Phi) is 6.35. The molecule has 172 valence electrons. The van der Waals surface area contributed by atoms with Crippen LogP contribution in [0.5, 0.6) is 23.0 Å². The summed E-state index contributed by atoms with van der Waals surface area (Å²) in [7, 11) is 0. The van der Waals surface area contributed by atoms with E-state index in [0.29, 0.717) is 0 Å². The van der Waals surface area contributed by atoms with E-state index in [9.17, 15) is 27.5 Å². The maximum atomic E-state index is 13.5. The first kappa shape index (κ1) is 22.7. The van der Waals surface area contributed by atoms with Gasteiger partial charge in [-0.25, -0.2) is 22.4 Å². The highest BCUT2D eigenvalue weighted by molar-refractivity contribution is 5.95. The maximum Gasteiger partial charge on any atom is 0.337 e. The summed E-state index contributed by atoms with van der Waals surface area (Å²) in [4.78, 5) is 11.7. The molecular weight excluding hydrogens is 454 g/mol. The summed E-state index contributed by atoms with van der Waals surface area (Å²) in [6.07, 6.45) is 0. The Balaban J connectivity index is 1.54. The summed E-state index contributed by atoms with van der Waals surface area (Å²) >= 11 is 0. The predicted octanol–water partition coefficient (Wildman–Crippen LogP) is 7.27. The van der Waals surface area contributed by atoms with Gasteiger partial charge in [0.05, 0.1) is 11.3 Å². The smallest absolute Gasteiger partial charge is 0.337 e. The number of carboxylic acid groups (broad SMARTS) is 1. The van der Waals surface area contributed by atoms with Gasteiger partial charge in [-0.05, 0) is 54.6 Å². The molecule has 0 unspecified atom stereocenters. The normalized spacial score (nSPS) is 10.6. The summed E-state index contributed by atoms with van der Waals surface area (Å²) in [6.45, 7) is 0. The van der Waals surface area contributed by atoms with Crippen molar-refractivity contribution in [2.45, 2.75) is 0 Å². The SMILES string of the molecule is O=C(O)c1cc(Oc2cccc(Oc3ccc(F)c(F)c3)c2)ccc1Nc1ccc(F)c(F)c1. The molecule has 2 N–H and O–H groups in total. The maximum absolute atomic E-state index is 13.5. The molecule has 9 heteroatoms. The van der Waals surface area contributed by atoms with Crippen LogP contribution in [0.1, 0.15) is 10.4 Å².